The molecule has 1 atom stereocenters. The summed E-state index contributed by atoms with van der Waals surface area (Å²) in [4.78, 5) is 11.5. The molecule has 15 heavy (non-hydrogen) atoms. The van der Waals surface area contributed by atoms with Gasteiger partial charge in [-0.2, -0.15) is 5.26 Å². The van der Waals surface area contributed by atoms with Crippen LogP contribution in [0.4, 0.5) is 0 Å². The van der Waals surface area contributed by atoms with E-state index in [0.29, 0.717) is 5.56 Å². The lowest BCUT2D eigenvalue weighted by Crippen LogP contribution is -2.44. The number of hydrogen-bond acceptors (Lipinski definition) is 4. The summed E-state index contributed by atoms with van der Waals surface area (Å²) in [5.41, 5.74) is 4.44. The first-order chi connectivity index (χ1) is 7.15. The van der Waals surface area contributed by atoms with Gasteiger partial charge in [0.25, 0.3) is 0 Å². The fraction of sp³-hybridized carbons (Fsp3) is 0.273. The van der Waals surface area contributed by atoms with Crippen LogP contribution >= 0.6 is 0 Å². The maximum Gasteiger partial charge on any atom is 0.345 e. The Morgan fingerprint density at radius 1 is 1.53 bits per heavy atom. The summed E-state index contributed by atoms with van der Waals surface area (Å²) < 4.78 is 4.77. The molecule has 0 bridgehead atoms. The summed E-state index contributed by atoms with van der Waals surface area (Å²) in [5.74, 6) is -0.723. The molecule has 0 aromatic heterocycles. The molecule has 0 spiro atoms. The summed E-state index contributed by atoms with van der Waals surface area (Å²) in [5, 5.41) is 8.96. The summed E-state index contributed by atoms with van der Waals surface area (Å²) >= 11 is 0. The summed E-state index contributed by atoms with van der Waals surface area (Å²) in [6.45, 7) is 1.87. The van der Waals surface area contributed by atoms with Crippen LogP contribution in [0.1, 0.15) is 12.5 Å². The van der Waals surface area contributed by atoms with Crippen molar-refractivity contribution in [1.29, 1.82) is 5.26 Å². The molecule has 4 heteroatoms. The van der Waals surface area contributed by atoms with Crippen LogP contribution in [0.25, 0.3) is 0 Å². The first-order valence-electron chi connectivity index (χ1n) is 4.58. The monoisotopic (exact) mass is 204 g/mol. The van der Waals surface area contributed by atoms with E-state index in [0.717, 1.165) is 0 Å². The fourth-order valence-electron chi connectivity index (χ4n) is 1.17. The molecule has 0 aliphatic rings. The molecule has 1 aromatic carbocycles. The minimum Gasteiger partial charge on any atom is -0.464 e. The summed E-state index contributed by atoms with van der Waals surface area (Å²) in [6, 6.07) is 10.2. The number of nitriles is 1. The highest BCUT2D eigenvalue weighted by molar-refractivity contribution is 5.85. The summed E-state index contributed by atoms with van der Waals surface area (Å²) in [6.07, 6.45) is 0. The van der Waals surface area contributed by atoms with Crippen molar-refractivity contribution in [2.75, 3.05) is 6.61 Å². The van der Waals surface area contributed by atoms with Crippen molar-refractivity contribution in [3.8, 4) is 6.07 Å². The van der Waals surface area contributed by atoms with Gasteiger partial charge in [0.05, 0.1) is 6.61 Å². The molecular weight excluding hydrogens is 192 g/mol. The number of benzene rings is 1. The van der Waals surface area contributed by atoms with Crippen molar-refractivity contribution in [3.05, 3.63) is 35.9 Å². The van der Waals surface area contributed by atoms with E-state index in [9.17, 15) is 4.79 Å². The van der Waals surface area contributed by atoms with Gasteiger partial charge in [-0.25, -0.2) is 4.79 Å². The fourth-order valence-corrected chi connectivity index (χ4v) is 1.17. The normalized spacial score (nSPS) is 13.7. The van der Waals surface area contributed by atoms with E-state index in [4.69, 9.17) is 15.7 Å². The van der Waals surface area contributed by atoms with Crippen molar-refractivity contribution >= 4 is 5.97 Å². The van der Waals surface area contributed by atoms with Gasteiger partial charge in [0.15, 0.2) is 0 Å². The molecule has 1 aromatic rings. The zero-order valence-electron chi connectivity index (χ0n) is 8.43. The molecule has 1 unspecified atom stereocenters. The van der Waals surface area contributed by atoms with E-state index in [1.54, 1.807) is 43.3 Å². The topological polar surface area (TPSA) is 76.1 Å². The average molecular weight is 204 g/mol. The molecule has 0 radical (unpaired) electrons. The molecule has 0 heterocycles. The average Bonchev–Trinajstić information content (AvgIpc) is 2.29. The van der Waals surface area contributed by atoms with Crippen LogP contribution in [0.2, 0.25) is 0 Å². The van der Waals surface area contributed by atoms with Crippen LogP contribution in [0.5, 0.6) is 0 Å². The molecule has 0 saturated heterocycles. The third-order valence-electron chi connectivity index (χ3n) is 2.00. The van der Waals surface area contributed by atoms with E-state index < -0.39 is 11.5 Å². The second kappa shape index (κ2) is 4.58. The van der Waals surface area contributed by atoms with E-state index in [1.165, 1.54) is 0 Å². The largest absolute Gasteiger partial charge is 0.464 e. The van der Waals surface area contributed by atoms with Crippen molar-refractivity contribution in [1.82, 2.24) is 0 Å². The van der Waals surface area contributed by atoms with E-state index in [2.05, 4.69) is 0 Å². The zero-order valence-corrected chi connectivity index (χ0v) is 8.43. The molecule has 1 rings (SSSR count). The van der Waals surface area contributed by atoms with Crippen LogP contribution in [0.15, 0.2) is 30.3 Å². The Bertz CT molecular complexity index is 383. The van der Waals surface area contributed by atoms with Gasteiger partial charge in [0.2, 0.25) is 5.54 Å². The number of ether oxygens (including phenoxy) is 1. The van der Waals surface area contributed by atoms with E-state index in [-0.39, 0.29) is 6.61 Å². The van der Waals surface area contributed by atoms with E-state index >= 15 is 0 Å². The first-order valence-corrected chi connectivity index (χ1v) is 4.58. The minimum absolute atomic E-state index is 0.201. The van der Waals surface area contributed by atoms with Gasteiger partial charge >= 0.3 is 5.97 Å². The van der Waals surface area contributed by atoms with Crippen molar-refractivity contribution < 1.29 is 9.53 Å². The maximum atomic E-state index is 11.5. The molecular formula is C11H12N2O2. The SMILES string of the molecule is CCOC(=O)C(N)(C#N)c1ccccc1. The van der Waals surface area contributed by atoms with E-state index in [1.807, 2.05) is 0 Å². The lowest BCUT2D eigenvalue weighted by Gasteiger charge is -2.19. The Balaban J connectivity index is 3.07. The number of carbonyl (C=O) groups is 1. The van der Waals surface area contributed by atoms with Crippen molar-refractivity contribution in [2.24, 2.45) is 5.73 Å². The lowest BCUT2D eigenvalue weighted by molar-refractivity contribution is -0.147. The predicted octanol–water partition coefficient (Wildman–Crippen LogP) is 0.927. The van der Waals surface area contributed by atoms with Crippen molar-refractivity contribution in [2.45, 2.75) is 12.5 Å². The molecule has 0 saturated carbocycles. The maximum absolute atomic E-state index is 11.5. The standard InChI is InChI=1S/C11H12N2O2/c1-2-15-10(14)11(13,8-12)9-6-4-3-5-7-9/h3-7H,2,13H2,1H3. The second-order valence-electron chi connectivity index (χ2n) is 3.01. The third-order valence-corrected chi connectivity index (χ3v) is 2.00. The van der Waals surface area contributed by atoms with Crippen LogP contribution in [-0.2, 0) is 15.1 Å². The number of carbonyl (C=O) groups excluding carboxylic acids is 1. The van der Waals surface area contributed by atoms with Crippen LogP contribution in [-0.4, -0.2) is 12.6 Å². The van der Waals surface area contributed by atoms with Gasteiger partial charge in [-0.05, 0) is 12.5 Å². The molecule has 0 aliphatic carbocycles. The Morgan fingerprint density at radius 3 is 2.60 bits per heavy atom. The minimum atomic E-state index is -1.71. The van der Waals surface area contributed by atoms with Crippen LogP contribution in [0, 0.1) is 11.3 Å². The molecule has 0 fully saturated rings. The van der Waals surface area contributed by atoms with Crippen molar-refractivity contribution in [3.63, 3.8) is 0 Å². The van der Waals surface area contributed by atoms with Crippen LogP contribution in [0.3, 0.4) is 0 Å². The van der Waals surface area contributed by atoms with Crippen LogP contribution < -0.4 is 5.73 Å². The Labute approximate surface area is 88.3 Å². The summed E-state index contributed by atoms with van der Waals surface area (Å²) in [7, 11) is 0. The number of nitrogens with two attached hydrogens (primary N) is 1. The molecule has 78 valence electrons. The highest BCUT2D eigenvalue weighted by Gasteiger charge is 2.37. The Hall–Kier alpha value is -1.86. The number of nitrogens with zero attached hydrogens (tertiary/aromatic N) is 1. The van der Waals surface area contributed by atoms with Gasteiger partial charge in [0, 0.05) is 0 Å². The molecule has 0 aliphatic heterocycles. The third kappa shape index (κ3) is 2.14. The van der Waals surface area contributed by atoms with Gasteiger partial charge in [-0.1, -0.05) is 30.3 Å². The number of rotatable bonds is 3. The quantitative estimate of drug-likeness (QED) is 0.743. The smallest absolute Gasteiger partial charge is 0.345 e. The Morgan fingerprint density at radius 2 is 2.13 bits per heavy atom. The van der Waals surface area contributed by atoms with Gasteiger partial charge in [-0.3, -0.25) is 0 Å². The number of esters is 1. The second-order valence-corrected chi connectivity index (χ2v) is 3.01. The molecule has 0 amide bonds. The highest BCUT2D eigenvalue weighted by atomic mass is 16.5. The number of hydrogen-bond donors (Lipinski definition) is 1. The van der Waals surface area contributed by atoms with Gasteiger partial charge in [0.1, 0.15) is 6.07 Å². The molecule has 4 nitrogen and oxygen atoms in total. The van der Waals surface area contributed by atoms with Gasteiger partial charge in [-0.15, -0.1) is 0 Å². The highest BCUT2D eigenvalue weighted by Crippen LogP contribution is 2.18. The predicted molar refractivity (Wildman–Crippen MR) is 54.6 cm³/mol. The Kier molecular flexibility index (Phi) is 3.42. The first kappa shape index (κ1) is 11.2. The lowest BCUT2D eigenvalue weighted by atomic mass is 9.93. The van der Waals surface area contributed by atoms with Gasteiger partial charge < -0.3 is 10.5 Å². The zero-order chi connectivity index (χ0) is 11.3. The molecule has 2 N–H and O–H groups in total.